The molecule has 0 spiro atoms. The van der Waals surface area contributed by atoms with Crippen molar-refractivity contribution < 1.29 is 19.1 Å². The molecule has 2 rings (SSSR count). The molecule has 2 N–H and O–H groups in total. The molecule has 0 saturated carbocycles. The minimum atomic E-state index is -0.869. The molecule has 25 heavy (non-hydrogen) atoms. The van der Waals surface area contributed by atoms with Crippen molar-refractivity contribution in [3.8, 4) is 5.75 Å². The van der Waals surface area contributed by atoms with Gasteiger partial charge in [0, 0.05) is 13.0 Å². The number of carbonyl (C=O) groups excluding carboxylic acids is 3. The summed E-state index contributed by atoms with van der Waals surface area (Å²) in [7, 11) is 0. The molecule has 1 aromatic carbocycles. The summed E-state index contributed by atoms with van der Waals surface area (Å²) < 4.78 is 5.55. The van der Waals surface area contributed by atoms with Crippen molar-refractivity contribution in [1.82, 2.24) is 15.5 Å². The van der Waals surface area contributed by atoms with Gasteiger partial charge in [0.15, 0.2) is 0 Å². The normalized spacial score (nSPS) is 15.9. The van der Waals surface area contributed by atoms with Gasteiger partial charge in [0.1, 0.15) is 17.9 Å². The monoisotopic (exact) mass is 347 g/mol. The first-order valence-corrected chi connectivity index (χ1v) is 8.40. The SMILES string of the molecule is Cc1cccc(OCCNC(=O)CCCN2C(=O)NC(C)(C)C2=O)c1. The number of nitrogens with one attached hydrogen (secondary N) is 2. The number of amides is 4. The zero-order valence-corrected chi connectivity index (χ0v) is 14.9. The van der Waals surface area contributed by atoms with Crippen molar-refractivity contribution in [2.75, 3.05) is 19.7 Å². The summed E-state index contributed by atoms with van der Waals surface area (Å²) in [5.41, 5.74) is 0.247. The Balaban J connectivity index is 1.61. The fourth-order valence-corrected chi connectivity index (χ4v) is 2.57. The van der Waals surface area contributed by atoms with Crippen molar-refractivity contribution >= 4 is 17.8 Å². The molecule has 0 bridgehead atoms. The maximum absolute atomic E-state index is 12.0. The van der Waals surface area contributed by atoms with Gasteiger partial charge in [0.05, 0.1) is 6.54 Å². The zero-order chi connectivity index (χ0) is 18.4. The molecule has 0 aliphatic carbocycles. The lowest BCUT2D eigenvalue weighted by molar-refractivity contribution is -0.130. The van der Waals surface area contributed by atoms with Gasteiger partial charge in [-0.05, 0) is 44.9 Å². The second-order valence-corrected chi connectivity index (χ2v) is 6.63. The minimum absolute atomic E-state index is 0.126. The van der Waals surface area contributed by atoms with Gasteiger partial charge in [-0.3, -0.25) is 14.5 Å². The first-order chi connectivity index (χ1) is 11.8. The van der Waals surface area contributed by atoms with Crippen molar-refractivity contribution in [1.29, 1.82) is 0 Å². The molecule has 1 aliphatic heterocycles. The maximum Gasteiger partial charge on any atom is 0.325 e. The number of imide groups is 1. The van der Waals surface area contributed by atoms with Crippen LogP contribution in [0, 0.1) is 6.92 Å². The van der Waals surface area contributed by atoms with Crippen molar-refractivity contribution in [3.05, 3.63) is 29.8 Å². The average molecular weight is 347 g/mol. The molecule has 4 amide bonds. The molecule has 136 valence electrons. The van der Waals surface area contributed by atoms with E-state index < -0.39 is 11.6 Å². The van der Waals surface area contributed by atoms with E-state index in [1.54, 1.807) is 13.8 Å². The van der Waals surface area contributed by atoms with Crippen LogP contribution in [-0.4, -0.2) is 48.0 Å². The van der Waals surface area contributed by atoms with Crippen LogP contribution in [0.3, 0.4) is 0 Å². The van der Waals surface area contributed by atoms with Gasteiger partial charge in [0.2, 0.25) is 5.91 Å². The highest BCUT2D eigenvalue weighted by Gasteiger charge is 2.43. The number of carbonyl (C=O) groups is 3. The lowest BCUT2D eigenvalue weighted by Gasteiger charge is -2.15. The minimum Gasteiger partial charge on any atom is -0.492 e. The molecule has 1 saturated heterocycles. The summed E-state index contributed by atoms with van der Waals surface area (Å²) in [4.78, 5) is 36.7. The van der Waals surface area contributed by atoms with E-state index in [1.165, 1.54) is 0 Å². The van der Waals surface area contributed by atoms with Crippen LogP contribution >= 0.6 is 0 Å². The quantitative estimate of drug-likeness (QED) is 0.552. The van der Waals surface area contributed by atoms with E-state index in [1.807, 2.05) is 31.2 Å². The number of urea groups is 1. The van der Waals surface area contributed by atoms with Crippen LogP contribution in [0.1, 0.15) is 32.3 Å². The third-order valence-electron chi connectivity index (χ3n) is 3.91. The van der Waals surface area contributed by atoms with E-state index in [9.17, 15) is 14.4 Å². The molecule has 7 heteroatoms. The maximum atomic E-state index is 12.0. The molecule has 0 aromatic heterocycles. The molecular formula is C18H25N3O4. The molecule has 1 aliphatic rings. The Morgan fingerprint density at radius 3 is 2.72 bits per heavy atom. The second-order valence-electron chi connectivity index (χ2n) is 6.63. The largest absolute Gasteiger partial charge is 0.492 e. The van der Waals surface area contributed by atoms with Crippen molar-refractivity contribution in [2.45, 2.75) is 39.2 Å². The van der Waals surface area contributed by atoms with E-state index in [4.69, 9.17) is 4.74 Å². The predicted octanol–water partition coefficient (Wildman–Crippen LogP) is 1.60. The Hall–Kier alpha value is -2.57. The van der Waals surface area contributed by atoms with Gasteiger partial charge in [-0.2, -0.15) is 0 Å². The number of nitrogens with zero attached hydrogens (tertiary/aromatic N) is 1. The van der Waals surface area contributed by atoms with Crippen LogP contribution in [0.5, 0.6) is 5.75 Å². The number of benzene rings is 1. The number of ether oxygens (including phenoxy) is 1. The van der Waals surface area contributed by atoms with Crippen molar-refractivity contribution in [2.24, 2.45) is 0 Å². The molecule has 1 fully saturated rings. The van der Waals surface area contributed by atoms with Gasteiger partial charge in [-0.1, -0.05) is 12.1 Å². The van der Waals surface area contributed by atoms with E-state index in [0.717, 1.165) is 16.2 Å². The molecule has 0 radical (unpaired) electrons. The lowest BCUT2D eigenvalue weighted by Crippen LogP contribution is -2.40. The summed E-state index contributed by atoms with van der Waals surface area (Å²) in [5.74, 6) is 0.388. The average Bonchev–Trinajstić information content (AvgIpc) is 2.73. The number of hydrogen-bond donors (Lipinski definition) is 2. The Morgan fingerprint density at radius 1 is 1.32 bits per heavy atom. The van der Waals surface area contributed by atoms with Crippen LogP contribution in [0.4, 0.5) is 4.79 Å². The molecular weight excluding hydrogens is 322 g/mol. The van der Waals surface area contributed by atoms with Crippen LogP contribution < -0.4 is 15.4 Å². The third kappa shape index (κ3) is 5.20. The topological polar surface area (TPSA) is 87.7 Å². The van der Waals surface area contributed by atoms with E-state index in [0.29, 0.717) is 19.6 Å². The Labute approximate surface area is 147 Å². The third-order valence-corrected chi connectivity index (χ3v) is 3.91. The predicted molar refractivity (Wildman–Crippen MR) is 93.2 cm³/mol. The van der Waals surface area contributed by atoms with E-state index in [-0.39, 0.29) is 24.8 Å². The molecule has 0 atom stereocenters. The first-order valence-electron chi connectivity index (χ1n) is 8.40. The fourth-order valence-electron chi connectivity index (χ4n) is 2.57. The Bertz CT molecular complexity index is 657. The first kappa shape index (κ1) is 18.8. The summed E-state index contributed by atoms with van der Waals surface area (Å²) in [6, 6.07) is 7.30. The molecule has 0 unspecified atom stereocenters. The van der Waals surface area contributed by atoms with Crippen LogP contribution in [0.15, 0.2) is 24.3 Å². The molecule has 1 aromatic rings. The smallest absolute Gasteiger partial charge is 0.325 e. The van der Waals surface area contributed by atoms with Crippen molar-refractivity contribution in [3.63, 3.8) is 0 Å². The lowest BCUT2D eigenvalue weighted by atomic mass is 10.1. The van der Waals surface area contributed by atoms with Gasteiger partial charge in [-0.25, -0.2) is 4.79 Å². The fraction of sp³-hybridized carbons (Fsp3) is 0.500. The standard InChI is InChI=1S/C18H25N3O4/c1-13-6-4-7-14(12-13)25-11-9-19-15(22)8-5-10-21-16(23)18(2,3)20-17(21)24/h4,6-7,12H,5,8-11H2,1-3H3,(H,19,22)(H,20,24). The zero-order valence-electron chi connectivity index (χ0n) is 14.9. The highest BCUT2D eigenvalue weighted by molar-refractivity contribution is 6.06. The summed E-state index contributed by atoms with van der Waals surface area (Å²) in [5, 5.41) is 5.38. The van der Waals surface area contributed by atoms with Crippen LogP contribution in [0.2, 0.25) is 0 Å². The van der Waals surface area contributed by atoms with Crippen LogP contribution in [-0.2, 0) is 9.59 Å². The summed E-state index contributed by atoms with van der Waals surface area (Å²) in [6.45, 7) is 6.34. The Morgan fingerprint density at radius 2 is 2.08 bits per heavy atom. The van der Waals surface area contributed by atoms with E-state index in [2.05, 4.69) is 10.6 Å². The summed E-state index contributed by atoms with van der Waals surface area (Å²) >= 11 is 0. The van der Waals surface area contributed by atoms with Gasteiger partial charge >= 0.3 is 6.03 Å². The highest BCUT2D eigenvalue weighted by Crippen LogP contribution is 2.17. The molecule has 1 heterocycles. The number of aryl methyl sites for hydroxylation is 1. The Kier molecular flexibility index (Phi) is 6.01. The van der Waals surface area contributed by atoms with Gasteiger partial charge < -0.3 is 15.4 Å². The van der Waals surface area contributed by atoms with Gasteiger partial charge in [0.25, 0.3) is 5.91 Å². The van der Waals surface area contributed by atoms with Gasteiger partial charge in [-0.15, -0.1) is 0 Å². The number of hydrogen-bond acceptors (Lipinski definition) is 4. The van der Waals surface area contributed by atoms with E-state index >= 15 is 0 Å². The molecule has 7 nitrogen and oxygen atoms in total. The highest BCUT2D eigenvalue weighted by atomic mass is 16.5. The number of rotatable bonds is 8. The van der Waals surface area contributed by atoms with Crippen LogP contribution in [0.25, 0.3) is 0 Å². The summed E-state index contributed by atoms with van der Waals surface area (Å²) in [6.07, 6.45) is 0.682. The second kappa shape index (κ2) is 8.00.